The van der Waals surface area contributed by atoms with E-state index in [-0.39, 0.29) is 6.54 Å². The molecule has 0 aromatic carbocycles. The van der Waals surface area contributed by atoms with Crippen molar-refractivity contribution in [2.24, 2.45) is 5.92 Å². The molecular weight excluding hydrogens is 190 g/mol. The molecule has 0 spiro atoms. The average molecular weight is 209 g/mol. The maximum absolute atomic E-state index is 10.7. The van der Waals surface area contributed by atoms with Gasteiger partial charge in [-0.25, -0.2) is 0 Å². The molecule has 0 heterocycles. The Balaban J connectivity index is 2.50. The van der Waals surface area contributed by atoms with Crippen LogP contribution in [0.2, 0.25) is 0 Å². The van der Waals surface area contributed by atoms with Gasteiger partial charge in [-0.3, -0.25) is 9.69 Å². The van der Waals surface area contributed by atoms with E-state index in [1.165, 1.54) is 12.8 Å². The Kier molecular flexibility index (Phi) is 4.64. The summed E-state index contributed by atoms with van der Waals surface area (Å²) in [6, 6.07) is 0.377. The van der Waals surface area contributed by atoms with Crippen molar-refractivity contribution < 1.29 is 9.90 Å². The summed E-state index contributed by atoms with van der Waals surface area (Å²) in [7, 11) is 0. The molecular formula is C12H19NO2. The molecule has 0 aliphatic heterocycles. The summed E-state index contributed by atoms with van der Waals surface area (Å²) in [5.74, 6) is 2.51. The molecule has 2 atom stereocenters. The summed E-state index contributed by atoms with van der Waals surface area (Å²) >= 11 is 0. The fourth-order valence-corrected chi connectivity index (χ4v) is 2.36. The van der Waals surface area contributed by atoms with E-state index in [0.29, 0.717) is 12.6 Å². The molecule has 15 heavy (non-hydrogen) atoms. The Labute approximate surface area is 91.5 Å². The first-order valence-electron chi connectivity index (χ1n) is 5.56. The monoisotopic (exact) mass is 209 g/mol. The zero-order chi connectivity index (χ0) is 11.3. The van der Waals surface area contributed by atoms with Crippen molar-refractivity contribution in [2.45, 2.75) is 38.6 Å². The lowest BCUT2D eigenvalue weighted by Gasteiger charge is -2.25. The number of carbonyl (C=O) groups is 1. The van der Waals surface area contributed by atoms with E-state index < -0.39 is 5.97 Å². The standard InChI is InChI=1S/C12H19NO2/c1-3-7-13(9-12(14)15)11-6-5-10(4-2)8-11/h1,10-11H,4-9H2,2H3,(H,14,15). The highest BCUT2D eigenvalue weighted by molar-refractivity contribution is 5.69. The molecule has 1 N–H and O–H groups in total. The van der Waals surface area contributed by atoms with E-state index >= 15 is 0 Å². The molecule has 1 fully saturated rings. The van der Waals surface area contributed by atoms with E-state index in [1.807, 2.05) is 4.90 Å². The van der Waals surface area contributed by atoms with Gasteiger partial charge in [0.1, 0.15) is 0 Å². The molecule has 1 rings (SSSR count). The third kappa shape index (κ3) is 3.56. The molecule has 1 saturated carbocycles. The van der Waals surface area contributed by atoms with Crippen LogP contribution in [0.5, 0.6) is 0 Å². The predicted molar refractivity (Wildman–Crippen MR) is 59.5 cm³/mol. The van der Waals surface area contributed by atoms with Gasteiger partial charge in [0.2, 0.25) is 0 Å². The van der Waals surface area contributed by atoms with Crippen LogP contribution in [0, 0.1) is 18.3 Å². The largest absolute Gasteiger partial charge is 0.480 e. The first-order chi connectivity index (χ1) is 7.17. The number of hydrogen-bond donors (Lipinski definition) is 1. The second-order valence-corrected chi connectivity index (χ2v) is 4.24. The SMILES string of the molecule is C#CCN(CC(=O)O)C1CCC(CC)C1. The van der Waals surface area contributed by atoms with Gasteiger partial charge in [0, 0.05) is 6.04 Å². The van der Waals surface area contributed by atoms with Crippen LogP contribution in [0.25, 0.3) is 0 Å². The number of hydrogen-bond acceptors (Lipinski definition) is 2. The van der Waals surface area contributed by atoms with Crippen molar-refractivity contribution in [1.82, 2.24) is 4.90 Å². The molecule has 3 heteroatoms. The molecule has 0 aromatic rings. The highest BCUT2D eigenvalue weighted by Crippen LogP contribution is 2.31. The summed E-state index contributed by atoms with van der Waals surface area (Å²) in [5, 5.41) is 8.78. The van der Waals surface area contributed by atoms with E-state index in [0.717, 1.165) is 18.8 Å². The minimum atomic E-state index is -0.787. The quantitative estimate of drug-likeness (QED) is 0.699. The van der Waals surface area contributed by atoms with Crippen LogP contribution in [-0.2, 0) is 4.79 Å². The number of aliphatic carboxylic acids is 1. The van der Waals surface area contributed by atoms with Crippen LogP contribution in [0.4, 0.5) is 0 Å². The van der Waals surface area contributed by atoms with Gasteiger partial charge in [-0.1, -0.05) is 19.3 Å². The zero-order valence-corrected chi connectivity index (χ0v) is 9.28. The second-order valence-electron chi connectivity index (χ2n) is 4.24. The summed E-state index contributed by atoms with van der Waals surface area (Å²) in [4.78, 5) is 12.6. The van der Waals surface area contributed by atoms with Gasteiger partial charge in [0.05, 0.1) is 13.1 Å². The van der Waals surface area contributed by atoms with Crippen molar-refractivity contribution in [3.63, 3.8) is 0 Å². The minimum absolute atomic E-state index is 0.0747. The molecule has 84 valence electrons. The lowest BCUT2D eigenvalue weighted by Crippen LogP contribution is -2.38. The molecule has 1 aliphatic rings. The minimum Gasteiger partial charge on any atom is -0.480 e. The highest BCUT2D eigenvalue weighted by Gasteiger charge is 2.28. The summed E-state index contributed by atoms with van der Waals surface area (Å²) in [6.45, 7) is 2.72. The first kappa shape index (κ1) is 12.1. The predicted octanol–water partition coefficient (Wildman–Crippen LogP) is 1.58. The van der Waals surface area contributed by atoms with Crippen molar-refractivity contribution in [3.05, 3.63) is 0 Å². The summed E-state index contributed by atoms with van der Waals surface area (Å²) in [6.07, 6.45) is 9.85. The number of terminal acetylenes is 1. The van der Waals surface area contributed by atoms with E-state index in [1.54, 1.807) is 0 Å². The fourth-order valence-electron chi connectivity index (χ4n) is 2.36. The number of rotatable bonds is 5. The van der Waals surface area contributed by atoms with Crippen LogP contribution in [0.1, 0.15) is 32.6 Å². The van der Waals surface area contributed by atoms with Crippen molar-refractivity contribution in [1.29, 1.82) is 0 Å². The lowest BCUT2D eigenvalue weighted by atomic mass is 10.1. The van der Waals surface area contributed by atoms with Gasteiger partial charge in [-0.05, 0) is 25.2 Å². The van der Waals surface area contributed by atoms with Crippen LogP contribution in [-0.4, -0.2) is 35.1 Å². The Morgan fingerprint density at radius 1 is 1.60 bits per heavy atom. The van der Waals surface area contributed by atoms with Gasteiger partial charge in [-0.2, -0.15) is 0 Å². The molecule has 0 amide bonds. The number of carboxylic acids is 1. The normalized spacial score (nSPS) is 25.4. The number of nitrogens with zero attached hydrogens (tertiary/aromatic N) is 1. The van der Waals surface area contributed by atoms with Gasteiger partial charge in [0.25, 0.3) is 0 Å². The Bertz CT molecular complexity index is 257. The molecule has 0 bridgehead atoms. The average Bonchev–Trinajstić information content (AvgIpc) is 2.64. The van der Waals surface area contributed by atoms with Crippen LogP contribution in [0.3, 0.4) is 0 Å². The maximum Gasteiger partial charge on any atom is 0.317 e. The summed E-state index contributed by atoms with van der Waals surface area (Å²) < 4.78 is 0. The van der Waals surface area contributed by atoms with Crippen molar-refractivity contribution in [2.75, 3.05) is 13.1 Å². The smallest absolute Gasteiger partial charge is 0.317 e. The van der Waals surface area contributed by atoms with Crippen molar-refractivity contribution in [3.8, 4) is 12.3 Å². The maximum atomic E-state index is 10.7. The topological polar surface area (TPSA) is 40.5 Å². The summed E-state index contributed by atoms with van der Waals surface area (Å²) in [5.41, 5.74) is 0. The van der Waals surface area contributed by atoms with Crippen LogP contribution < -0.4 is 0 Å². The van der Waals surface area contributed by atoms with Crippen LogP contribution >= 0.6 is 0 Å². The van der Waals surface area contributed by atoms with E-state index in [2.05, 4.69) is 12.8 Å². The molecule has 2 unspecified atom stereocenters. The van der Waals surface area contributed by atoms with Crippen LogP contribution in [0.15, 0.2) is 0 Å². The highest BCUT2D eigenvalue weighted by atomic mass is 16.4. The zero-order valence-electron chi connectivity index (χ0n) is 9.28. The number of carboxylic acid groups (broad SMARTS) is 1. The van der Waals surface area contributed by atoms with Gasteiger partial charge >= 0.3 is 5.97 Å². The lowest BCUT2D eigenvalue weighted by molar-refractivity contribution is -0.138. The molecule has 3 nitrogen and oxygen atoms in total. The Morgan fingerprint density at radius 2 is 2.33 bits per heavy atom. The van der Waals surface area contributed by atoms with Gasteiger partial charge in [0.15, 0.2) is 0 Å². The molecule has 0 radical (unpaired) electrons. The Hall–Kier alpha value is -1.01. The third-order valence-corrected chi connectivity index (χ3v) is 3.24. The second kappa shape index (κ2) is 5.77. The van der Waals surface area contributed by atoms with Gasteiger partial charge < -0.3 is 5.11 Å². The van der Waals surface area contributed by atoms with Crippen molar-refractivity contribution >= 4 is 5.97 Å². The third-order valence-electron chi connectivity index (χ3n) is 3.24. The molecule has 1 aliphatic carbocycles. The van der Waals surface area contributed by atoms with Gasteiger partial charge in [-0.15, -0.1) is 6.42 Å². The van der Waals surface area contributed by atoms with E-state index in [9.17, 15) is 4.79 Å². The van der Waals surface area contributed by atoms with E-state index in [4.69, 9.17) is 11.5 Å². The molecule has 0 saturated heterocycles. The first-order valence-corrected chi connectivity index (χ1v) is 5.56. The molecule has 0 aromatic heterocycles. The Morgan fingerprint density at radius 3 is 2.80 bits per heavy atom. The fraction of sp³-hybridized carbons (Fsp3) is 0.750.